The summed E-state index contributed by atoms with van der Waals surface area (Å²) in [5.74, 6) is 0.0991. The molecule has 5 nitrogen and oxygen atoms in total. The van der Waals surface area contributed by atoms with Crippen molar-refractivity contribution in [2.24, 2.45) is 0 Å². The van der Waals surface area contributed by atoms with Gasteiger partial charge < -0.3 is 9.64 Å². The fourth-order valence-corrected chi connectivity index (χ4v) is 4.37. The number of nitrogens with zero attached hydrogens (tertiary/aromatic N) is 3. The maximum atomic E-state index is 12.8. The van der Waals surface area contributed by atoms with Crippen molar-refractivity contribution in [1.29, 1.82) is 0 Å². The van der Waals surface area contributed by atoms with Crippen LogP contribution in [0.1, 0.15) is 27.9 Å². The highest BCUT2D eigenvalue weighted by Gasteiger charge is 2.25. The van der Waals surface area contributed by atoms with Crippen molar-refractivity contribution in [1.82, 2.24) is 14.7 Å². The van der Waals surface area contributed by atoms with Crippen LogP contribution in [0.3, 0.4) is 0 Å². The first-order valence-electron chi connectivity index (χ1n) is 8.53. The quantitative estimate of drug-likeness (QED) is 0.724. The molecule has 0 bridgehead atoms. The van der Waals surface area contributed by atoms with Crippen LogP contribution in [-0.4, -0.2) is 46.4 Å². The molecule has 25 heavy (non-hydrogen) atoms. The Morgan fingerprint density at radius 2 is 2.16 bits per heavy atom. The number of carbonyl (C=O) groups excluding carboxylic acids is 1. The standard InChI is InChI=1S/C19H21N3O2S/c1-13-11-21(8-9-24-13)18(23)17-10-16-14(2)20-22(19(16)25-17)12-15-6-4-3-5-7-15/h3-7,10,13H,8-9,11-12H2,1-2H3. The van der Waals surface area contributed by atoms with Crippen molar-refractivity contribution in [3.63, 3.8) is 0 Å². The van der Waals surface area contributed by atoms with Gasteiger partial charge in [0.15, 0.2) is 0 Å². The van der Waals surface area contributed by atoms with E-state index in [0.717, 1.165) is 20.8 Å². The van der Waals surface area contributed by atoms with Gasteiger partial charge in [-0.25, -0.2) is 0 Å². The minimum absolute atomic E-state index is 0.0991. The molecule has 4 rings (SSSR count). The van der Waals surface area contributed by atoms with E-state index >= 15 is 0 Å². The number of aryl methyl sites for hydroxylation is 1. The fourth-order valence-electron chi connectivity index (χ4n) is 3.24. The third kappa shape index (κ3) is 3.19. The molecule has 1 unspecified atom stereocenters. The van der Waals surface area contributed by atoms with Crippen LogP contribution in [0.2, 0.25) is 0 Å². The minimum atomic E-state index is 0.0991. The number of carbonyl (C=O) groups is 1. The van der Waals surface area contributed by atoms with Gasteiger partial charge >= 0.3 is 0 Å². The van der Waals surface area contributed by atoms with Crippen LogP contribution in [0.4, 0.5) is 0 Å². The van der Waals surface area contributed by atoms with E-state index in [2.05, 4.69) is 17.2 Å². The van der Waals surface area contributed by atoms with Gasteiger partial charge in [0, 0.05) is 18.5 Å². The third-order valence-electron chi connectivity index (χ3n) is 4.52. The predicted octanol–water partition coefficient (Wildman–Crippen LogP) is 3.32. The first-order chi connectivity index (χ1) is 12.1. The lowest BCUT2D eigenvalue weighted by Gasteiger charge is -2.30. The number of aromatic nitrogens is 2. The Morgan fingerprint density at radius 1 is 1.36 bits per heavy atom. The summed E-state index contributed by atoms with van der Waals surface area (Å²) < 4.78 is 7.54. The molecule has 0 aliphatic carbocycles. The molecule has 0 spiro atoms. The van der Waals surface area contributed by atoms with Crippen LogP contribution in [-0.2, 0) is 11.3 Å². The smallest absolute Gasteiger partial charge is 0.264 e. The second-order valence-corrected chi connectivity index (χ2v) is 7.52. The van der Waals surface area contributed by atoms with Crippen molar-refractivity contribution in [2.45, 2.75) is 26.5 Å². The van der Waals surface area contributed by atoms with Crippen molar-refractivity contribution >= 4 is 27.5 Å². The van der Waals surface area contributed by atoms with E-state index in [1.807, 2.05) is 47.7 Å². The number of morpholine rings is 1. The molecule has 6 heteroatoms. The number of thiophene rings is 1. The van der Waals surface area contributed by atoms with Gasteiger partial charge in [-0.15, -0.1) is 11.3 Å². The summed E-state index contributed by atoms with van der Waals surface area (Å²) in [6.45, 7) is 6.65. The van der Waals surface area contributed by atoms with Gasteiger partial charge in [-0.3, -0.25) is 9.48 Å². The second-order valence-electron chi connectivity index (χ2n) is 6.49. The molecule has 1 saturated heterocycles. The molecule has 3 aromatic rings. The van der Waals surface area contributed by atoms with Gasteiger partial charge in [-0.05, 0) is 25.5 Å². The first kappa shape index (κ1) is 16.3. The molecule has 1 atom stereocenters. The number of amides is 1. The molecule has 0 radical (unpaired) electrons. The van der Waals surface area contributed by atoms with Gasteiger partial charge in [0.2, 0.25) is 0 Å². The van der Waals surface area contributed by atoms with Gasteiger partial charge in [-0.1, -0.05) is 30.3 Å². The van der Waals surface area contributed by atoms with Gasteiger partial charge in [-0.2, -0.15) is 5.10 Å². The van der Waals surface area contributed by atoms with Crippen molar-refractivity contribution in [3.05, 3.63) is 52.5 Å². The number of hydrogen-bond donors (Lipinski definition) is 0. The molecule has 1 amide bonds. The number of hydrogen-bond acceptors (Lipinski definition) is 4. The maximum absolute atomic E-state index is 12.8. The van der Waals surface area contributed by atoms with Crippen molar-refractivity contribution in [2.75, 3.05) is 19.7 Å². The average Bonchev–Trinajstić information content (AvgIpc) is 3.17. The van der Waals surface area contributed by atoms with Crippen LogP contribution in [0.25, 0.3) is 10.2 Å². The molecular weight excluding hydrogens is 334 g/mol. The molecule has 130 valence electrons. The summed E-state index contributed by atoms with van der Waals surface area (Å²) in [5.41, 5.74) is 2.17. The van der Waals surface area contributed by atoms with Crippen molar-refractivity contribution in [3.8, 4) is 0 Å². The Kier molecular flexibility index (Phi) is 4.31. The lowest BCUT2D eigenvalue weighted by Crippen LogP contribution is -2.44. The zero-order chi connectivity index (χ0) is 17.4. The number of fused-ring (bicyclic) bond motifs is 1. The minimum Gasteiger partial charge on any atom is -0.375 e. The fraction of sp³-hybridized carbons (Fsp3) is 0.368. The molecular formula is C19H21N3O2S. The normalized spacial score (nSPS) is 18.0. The molecule has 1 aliphatic rings. The van der Waals surface area contributed by atoms with Crippen LogP contribution in [0, 0.1) is 6.92 Å². The van der Waals surface area contributed by atoms with Crippen LogP contribution < -0.4 is 0 Å². The summed E-state index contributed by atoms with van der Waals surface area (Å²) >= 11 is 1.54. The van der Waals surface area contributed by atoms with Gasteiger partial charge in [0.05, 0.1) is 29.8 Å². The van der Waals surface area contributed by atoms with Gasteiger partial charge in [0.1, 0.15) is 4.83 Å². The topological polar surface area (TPSA) is 47.4 Å². The molecule has 0 saturated carbocycles. The highest BCUT2D eigenvalue weighted by atomic mass is 32.1. The summed E-state index contributed by atoms with van der Waals surface area (Å²) in [6, 6.07) is 12.3. The highest BCUT2D eigenvalue weighted by molar-refractivity contribution is 7.20. The summed E-state index contributed by atoms with van der Waals surface area (Å²) in [7, 11) is 0. The second kappa shape index (κ2) is 6.61. The molecule has 3 heterocycles. The largest absolute Gasteiger partial charge is 0.375 e. The molecule has 2 aromatic heterocycles. The number of rotatable bonds is 3. The third-order valence-corrected chi connectivity index (χ3v) is 5.66. The van der Waals surface area contributed by atoms with E-state index in [1.165, 1.54) is 16.9 Å². The van der Waals surface area contributed by atoms with E-state index in [1.54, 1.807) is 0 Å². The zero-order valence-electron chi connectivity index (χ0n) is 14.4. The molecule has 1 aliphatic heterocycles. The Hall–Kier alpha value is -2.18. The van der Waals surface area contributed by atoms with Gasteiger partial charge in [0.25, 0.3) is 5.91 Å². The molecule has 1 aromatic carbocycles. The first-order valence-corrected chi connectivity index (χ1v) is 9.35. The zero-order valence-corrected chi connectivity index (χ0v) is 15.3. The predicted molar refractivity (Wildman–Crippen MR) is 99.2 cm³/mol. The Morgan fingerprint density at radius 3 is 2.92 bits per heavy atom. The van der Waals surface area contributed by atoms with Crippen LogP contribution in [0.5, 0.6) is 0 Å². The summed E-state index contributed by atoms with van der Waals surface area (Å²) in [4.78, 5) is 16.6. The lowest BCUT2D eigenvalue weighted by molar-refractivity contribution is -0.0122. The van der Waals surface area contributed by atoms with E-state index in [9.17, 15) is 4.79 Å². The Bertz CT molecular complexity index is 900. The summed E-state index contributed by atoms with van der Waals surface area (Å²) in [6.07, 6.45) is 0.0994. The highest BCUT2D eigenvalue weighted by Crippen LogP contribution is 2.30. The lowest BCUT2D eigenvalue weighted by atomic mass is 10.2. The molecule has 1 fully saturated rings. The Balaban J connectivity index is 1.64. The van der Waals surface area contributed by atoms with Crippen molar-refractivity contribution < 1.29 is 9.53 Å². The monoisotopic (exact) mass is 355 g/mol. The SMILES string of the molecule is Cc1nn(Cc2ccccc2)c2sc(C(=O)N3CCOC(C)C3)cc12. The number of ether oxygens (including phenoxy) is 1. The van der Waals surface area contributed by atoms with E-state index in [4.69, 9.17) is 4.74 Å². The number of benzene rings is 1. The summed E-state index contributed by atoms with van der Waals surface area (Å²) in [5, 5.41) is 5.73. The van der Waals surface area contributed by atoms with Crippen LogP contribution in [0.15, 0.2) is 36.4 Å². The van der Waals surface area contributed by atoms with E-state index in [0.29, 0.717) is 26.2 Å². The van der Waals surface area contributed by atoms with Crippen LogP contribution >= 0.6 is 11.3 Å². The Labute approximate surface area is 150 Å². The van der Waals surface area contributed by atoms with E-state index < -0.39 is 0 Å². The molecule has 0 N–H and O–H groups in total. The maximum Gasteiger partial charge on any atom is 0.264 e. The average molecular weight is 355 g/mol. The van der Waals surface area contributed by atoms with E-state index in [-0.39, 0.29) is 12.0 Å².